The van der Waals surface area contributed by atoms with E-state index in [0.29, 0.717) is 6.42 Å². The maximum Gasteiger partial charge on any atom is 0.325 e. The van der Waals surface area contributed by atoms with Crippen molar-refractivity contribution in [1.82, 2.24) is 9.62 Å². The molecule has 1 saturated heterocycles. The monoisotopic (exact) mass is 387 g/mol. The number of nitrogens with zero attached hydrogens (tertiary/aromatic N) is 1. The number of ether oxygens (including phenoxy) is 1. The van der Waals surface area contributed by atoms with Crippen molar-refractivity contribution in [1.29, 1.82) is 0 Å². The molecule has 142 valence electrons. The molecule has 3 amide bonds. The number of hydrogen-bond acceptors (Lipinski definition) is 6. The van der Waals surface area contributed by atoms with Crippen LogP contribution in [-0.4, -0.2) is 49.3 Å². The van der Waals surface area contributed by atoms with Crippen LogP contribution in [0.5, 0.6) is 0 Å². The van der Waals surface area contributed by atoms with Crippen LogP contribution in [0.15, 0.2) is 29.2 Å². The van der Waals surface area contributed by atoms with Crippen molar-refractivity contribution in [3.05, 3.63) is 30.1 Å². The number of primary amides is 1. The summed E-state index contributed by atoms with van der Waals surface area (Å²) < 4.78 is 44.3. The van der Waals surface area contributed by atoms with Gasteiger partial charge in [-0.3, -0.25) is 14.9 Å². The molecule has 1 aromatic carbocycles. The Morgan fingerprint density at radius 2 is 1.92 bits per heavy atom. The minimum atomic E-state index is -4.03. The normalized spacial score (nSPS) is 18.9. The number of carbonyl (C=O) groups is 3. The van der Waals surface area contributed by atoms with Gasteiger partial charge in [-0.25, -0.2) is 17.6 Å². The molecular formula is C15H18FN3O6S. The smallest absolute Gasteiger partial charge is 0.325 e. The van der Waals surface area contributed by atoms with Crippen LogP contribution < -0.4 is 11.1 Å². The van der Waals surface area contributed by atoms with Crippen LogP contribution >= 0.6 is 0 Å². The van der Waals surface area contributed by atoms with Crippen molar-refractivity contribution < 1.29 is 31.9 Å². The Morgan fingerprint density at radius 1 is 1.31 bits per heavy atom. The number of benzene rings is 1. The number of rotatable bonds is 5. The predicted molar refractivity (Wildman–Crippen MR) is 86.6 cm³/mol. The van der Waals surface area contributed by atoms with Gasteiger partial charge in [-0.2, -0.15) is 4.31 Å². The first-order chi connectivity index (χ1) is 12.1. The molecule has 26 heavy (non-hydrogen) atoms. The highest BCUT2D eigenvalue weighted by atomic mass is 32.2. The molecule has 0 saturated carbocycles. The third-order valence-corrected chi connectivity index (χ3v) is 5.73. The number of imide groups is 1. The molecular weight excluding hydrogens is 369 g/mol. The minimum Gasteiger partial charge on any atom is -0.451 e. The van der Waals surface area contributed by atoms with E-state index in [0.717, 1.165) is 28.6 Å². The number of esters is 1. The van der Waals surface area contributed by atoms with Crippen molar-refractivity contribution in [2.24, 2.45) is 5.73 Å². The summed E-state index contributed by atoms with van der Waals surface area (Å²) in [5.74, 6) is -2.42. The molecule has 1 heterocycles. The van der Waals surface area contributed by atoms with Crippen molar-refractivity contribution in [3.8, 4) is 0 Å². The van der Waals surface area contributed by atoms with Crippen LogP contribution in [-0.2, 0) is 24.3 Å². The predicted octanol–water partition coefficient (Wildman–Crippen LogP) is 0.105. The van der Waals surface area contributed by atoms with Gasteiger partial charge in [0.05, 0.1) is 4.90 Å². The first kappa shape index (κ1) is 19.8. The molecule has 11 heteroatoms. The van der Waals surface area contributed by atoms with Gasteiger partial charge in [0, 0.05) is 6.54 Å². The molecule has 0 unspecified atom stereocenters. The summed E-state index contributed by atoms with van der Waals surface area (Å²) in [6.07, 6.45) is -0.697. The summed E-state index contributed by atoms with van der Waals surface area (Å²) >= 11 is 0. The Bertz CT molecular complexity index is 811. The molecule has 1 fully saturated rings. The van der Waals surface area contributed by atoms with Gasteiger partial charge in [-0.1, -0.05) is 0 Å². The lowest BCUT2D eigenvalue weighted by atomic mass is 10.2. The van der Waals surface area contributed by atoms with E-state index in [1.54, 1.807) is 5.32 Å². The van der Waals surface area contributed by atoms with Gasteiger partial charge in [0.2, 0.25) is 10.0 Å². The molecule has 1 aliphatic rings. The Labute approximate surface area is 149 Å². The maximum atomic E-state index is 13.0. The largest absolute Gasteiger partial charge is 0.451 e. The summed E-state index contributed by atoms with van der Waals surface area (Å²) in [4.78, 5) is 34.4. The molecule has 0 aromatic heterocycles. The molecule has 3 N–H and O–H groups in total. The third-order valence-electron chi connectivity index (χ3n) is 3.80. The average Bonchev–Trinajstić information content (AvgIpc) is 3.05. The summed E-state index contributed by atoms with van der Waals surface area (Å²) in [6.45, 7) is 1.31. The van der Waals surface area contributed by atoms with E-state index < -0.39 is 45.9 Å². The van der Waals surface area contributed by atoms with E-state index in [-0.39, 0.29) is 17.9 Å². The third kappa shape index (κ3) is 4.35. The first-order valence-electron chi connectivity index (χ1n) is 7.71. The lowest BCUT2D eigenvalue weighted by Gasteiger charge is -2.24. The Kier molecular flexibility index (Phi) is 5.93. The highest BCUT2D eigenvalue weighted by Crippen LogP contribution is 2.27. The zero-order chi connectivity index (χ0) is 19.5. The van der Waals surface area contributed by atoms with E-state index in [9.17, 15) is 27.2 Å². The van der Waals surface area contributed by atoms with Crippen LogP contribution in [0.4, 0.5) is 9.18 Å². The Morgan fingerprint density at radius 3 is 2.50 bits per heavy atom. The van der Waals surface area contributed by atoms with Crippen molar-refractivity contribution in [2.45, 2.75) is 36.8 Å². The van der Waals surface area contributed by atoms with Crippen LogP contribution in [0.1, 0.15) is 19.8 Å². The Balaban J connectivity index is 2.14. The number of carbonyl (C=O) groups excluding carboxylic acids is 3. The summed E-state index contributed by atoms with van der Waals surface area (Å²) in [5, 5.41) is 1.77. The van der Waals surface area contributed by atoms with E-state index in [1.165, 1.54) is 6.92 Å². The summed E-state index contributed by atoms with van der Waals surface area (Å²) in [7, 11) is -4.03. The van der Waals surface area contributed by atoms with Crippen molar-refractivity contribution in [2.75, 3.05) is 6.54 Å². The van der Waals surface area contributed by atoms with Gasteiger partial charge in [0.25, 0.3) is 5.91 Å². The number of amides is 3. The summed E-state index contributed by atoms with van der Waals surface area (Å²) in [5.41, 5.74) is 4.81. The van der Waals surface area contributed by atoms with Crippen LogP contribution in [0.2, 0.25) is 0 Å². The molecule has 0 spiro atoms. The van der Waals surface area contributed by atoms with Gasteiger partial charge < -0.3 is 10.5 Å². The molecule has 0 bridgehead atoms. The molecule has 2 rings (SSSR count). The Hall–Kier alpha value is -2.53. The van der Waals surface area contributed by atoms with Gasteiger partial charge in [0.1, 0.15) is 11.9 Å². The number of halogens is 1. The second-order valence-electron chi connectivity index (χ2n) is 5.66. The van der Waals surface area contributed by atoms with E-state index in [1.807, 2.05) is 0 Å². The SMILES string of the molecule is C[C@H](OC(=O)[C@@H]1CCCN1S(=O)(=O)c1ccc(F)cc1)C(=O)NC(N)=O. The highest BCUT2D eigenvalue weighted by molar-refractivity contribution is 7.89. The second kappa shape index (κ2) is 7.79. The fraction of sp³-hybridized carbons (Fsp3) is 0.400. The van der Waals surface area contributed by atoms with Crippen LogP contribution in [0.25, 0.3) is 0 Å². The lowest BCUT2D eigenvalue weighted by Crippen LogP contribution is -2.46. The second-order valence-corrected chi connectivity index (χ2v) is 7.55. The fourth-order valence-electron chi connectivity index (χ4n) is 2.53. The minimum absolute atomic E-state index is 0.0847. The molecule has 0 aliphatic carbocycles. The molecule has 1 aliphatic heterocycles. The molecule has 1 aromatic rings. The van der Waals surface area contributed by atoms with Crippen molar-refractivity contribution >= 4 is 27.9 Å². The number of hydrogen-bond donors (Lipinski definition) is 2. The van der Waals surface area contributed by atoms with Gasteiger partial charge in [-0.05, 0) is 44.0 Å². The molecule has 0 radical (unpaired) electrons. The van der Waals surface area contributed by atoms with Crippen LogP contribution in [0.3, 0.4) is 0 Å². The van der Waals surface area contributed by atoms with E-state index >= 15 is 0 Å². The molecule has 2 atom stereocenters. The van der Waals surface area contributed by atoms with Gasteiger partial charge in [-0.15, -0.1) is 0 Å². The van der Waals surface area contributed by atoms with Gasteiger partial charge in [0.15, 0.2) is 6.10 Å². The number of nitrogens with one attached hydrogen (secondary N) is 1. The quantitative estimate of drug-likeness (QED) is 0.688. The van der Waals surface area contributed by atoms with E-state index in [2.05, 4.69) is 0 Å². The maximum absolute atomic E-state index is 13.0. The zero-order valence-electron chi connectivity index (χ0n) is 13.8. The lowest BCUT2D eigenvalue weighted by molar-refractivity contribution is -0.157. The first-order valence-corrected chi connectivity index (χ1v) is 9.15. The number of sulfonamides is 1. The summed E-state index contributed by atoms with van der Waals surface area (Å²) in [6, 6.07) is 2.01. The highest BCUT2D eigenvalue weighted by Gasteiger charge is 2.41. The standard InChI is InChI=1S/C15H18FN3O6S/c1-9(13(20)18-15(17)22)25-14(21)12-3-2-8-19(12)26(23,24)11-6-4-10(16)5-7-11/h4-7,9,12H,2-3,8H2,1H3,(H3,17,18,20,22)/t9-,12-/m0/s1. The van der Waals surface area contributed by atoms with Gasteiger partial charge >= 0.3 is 12.0 Å². The number of urea groups is 1. The average molecular weight is 387 g/mol. The molecule has 9 nitrogen and oxygen atoms in total. The zero-order valence-corrected chi connectivity index (χ0v) is 14.7. The fourth-order valence-corrected chi connectivity index (χ4v) is 4.18. The topological polar surface area (TPSA) is 136 Å². The van der Waals surface area contributed by atoms with E-state index in [4.69, 9.17) is 10.5 Å². The van der Waals surface area contributed by atoms with Crippen LogP contribution in [0, 0.1) is 5.82 Å². The number of nitrogens with two attached hydrogens (primary N) is 1. The van der Waals surface area contributed by atoms with Crippen molar-refractivity contribution in [3.63, 3.8) is 0 Å².